The van der Waals surface area contributed by atoms with Crippen LogP contribution in [-0.4, -0.2) is 10.8 Å². The molecule has 0 saturated heterocycles. The van der Waals surface area contributed by atoms with E-state index in [4.69, 9.17) is 15.9 Å². The zero-order valence-electron chi connectivity index (χ0n) is 10.5. The van der Waals surface area contributed by atoms with Gasteiger partial charge in [-0.05, 0) is 24.3 Å². The molecule has 0 amide bonds. The molecule has 0 radical (unpaired) electrons. The Morgan fingerprint density at radius 2 is 2.10 bits per heavy atom. The van der Waals surface area contributed by atoms with Crippen LogP contribution < -0.4 is 10.5 Å². The number of hydrogen-bond donors (Lipinski definition) is 2. The van der Waals surface area contributed by atoms with Gasteiger partial charge in [-0.3, -0.25) is 15.5 Å². The van der Waals surface area contributed by atoms with E-state index in [0.717, 1.165) is 12.1 Å². The van der Waals surface area contributed by atoms with Crippen LogP contribution in [-0.2, 0) is 0 Å². The van der Waals surface area contributed by atoms with Crippen molar-refractivity contribution in [1.82, 2.24) is 0 Å². The number of amidine groups is 1. The highest BCUT2D eigenvalue weighted by molar-refractivity contribution is 9.10. The molecule has 0 fully saturated rings. The van der Waals surface area contributed by atoms with Gasteiger partial charge < -0.3 is 10.5 Å². The first-order chi connectivity index (χ1) is 9.90. The minimum atomic E-state index is -0.876. The molecule has 8 heteroatoms. The molecule has 2 aromatic rings. The number of nitrogens with one attached hydrogen (secondary N) is 1. The number of nitrogens with zero attached hydrogens (tertiary/aromatic N) is 1. The zero-order valence-corrected chi connectivity index (χ0v) is 12.1. The number of para-hydroxylation sites is 1. The van der Waals surface area contributed by atoms with E-state index >= 15 is 0 Å². The minimum Gasteiger partial charge on any atom is -0.446 e. The molecule has 21 heavy (non-hydrogen) atoms. The maximum atomic E-state index is 13.8. The lowest BCUT2D eigenvalue weighted by molar-refractivity contribution is -0.385. The molecule has 0 aliphatic carbocycles. The molecular weight excluding hydrogens is 345 g/mol. The molecule has 0 bridgehead atoms. The van der Waals surface area contributed by atoms with E-state index in [1.165, 1.54) is 18.2 Å². The first-order valence-corrected chi connectivity index (χ1v) is 6.44. The molecular formula is C13H9BrFN3O3. The van der Waals surface area contributed by atoms with Gasteiger partial charge >= 0.3 is 5.69 Å². The van der Waals surface area contributed by atoms with Crippen molar-refractivity contribution in [3.05, 3.63) is 62.4 Å². The molecule has 6 nitrogen and oxygen atoms in total. The number of hydrogen-bond acceptors (Lipinski definition) is 4. The SMILES string of the molecule is N=C(N)c1ccc(Br)cc1Oc1c(F)cccc1[N+](=O)[O-]. The average Bonchev–Trinajstić information content (AvgIpc) is 2.40. The number of benzene rings is 2. The Balaban J connectivity index is 2.55. The van der Waals surface area contributed by atoms with Crippen LogP contribution in [0, 0.1) is 21.3 Å². The highest BCUT2D eigenvalue weighted by atomic mass is 79.9. The first-order valence-electron chi connectivity index (χ1n) is 5.65. The van der Waals surface area contributed by atoms with Crippen LogP contribution in [0.3, 0.4) is 0 Å². The summed E-state index contributed by atoms with van der Waals surface area (Å²) < 4.78 is 19.7. The summed E-state index contributed by atoms with van der Waals surface area (Å²) >= 11 is 3.21. The number of rotatable bonds is 4. The third-order valence-corrected chi connectivity index (χ3v) is 3.08. The van der Waals surface area contributed by atoms with Gasteiger partial charge in [0, 0.05) is 10.5 Å². The van der Waals surface area contributed by atoms with E-state index in [0.29, 0.717) is 4.47 Å². The topological polar surface area (TPSA) is 102 Å². The average molecular weight is 354 g/mol. The highest BCUT2D eigenvalue weighted by Gasteiger charge is 2.21. The molecule has 0 aliphatic heterocycles. The van der Waals surface area contributed by atoms with E-state index in [9.17, 15) is 14.5 Å². The normalized spacial score (nSPS) is 10.2. The summed E-state index contributed by atoms with van der Waals surface area (Å²) in [4.78, 5) is 10.2. The molecule has 108 valence electrons. The van der Waals surface area contributed by atoms with E-state index < -0.39 is 22.2 Å². The van der Waals surface area contributed by atoms with Crippen molar-refractivity contribution >= 4 is 27.5 Å². The Labute approximate surface area is 127 Å². The van der Waals surface area contributed by atoms with Crippen LogP contribution in [0.2, 0.25) is 0 Å². The van der Waals surface area contributed by atoms with Gasteiger partial charge in [-0.15, -0.1) is 0 Å². The van der Waals surface area contributed by atoms with Crippen LogP contribution in [0.15, 0.2) is 40.9 Å². The first kappa shape index (κ1) is 14.9. The Morgan fingerprint density at radius 3 is 2.71 bits per heavy atom. The third-order valence-electron chi connectivity index (χ3n) is 2.59. The monoisotopic (exact) mass is 353 g/mol. The summed E-state index contributed by atoms with van der Waals surface area (Å²) in [5.41, 5.74) is 5.11. The fourth-order valence-electron chi connectivity index (χ4n) is 1.66. The Hall–Kier alpha value is -2.48. The van der Waals surface area contributed by atoms with Crippen LogP contribution in [0.5, 0.6) is 11.5 Å². The Kier molecular flexibility index (Phi) is 4.18. The molecule has 0 atom stereocenters. The van der Waals surface area contributed by atoms with Gasteiger partial charge in [0.1, 0.15) is 11.6 Å². The van der Waals surface area contributed by atoms with Crippen molar-refractivity contribution in [1.29, 1.82) is 5.41 Å². The van der Waals surface area contributed by atoms with Gasteiger partial charge in [-0.2, -0.15) is 0 Å². The predicted molar refractivity (Wildman–Crippen MR) is 78.3 cm³/mol. The minimum absolute atomic E-state index is 0.0464. The maximum Gasteiger partial charge on any atom is 0.314 e. The molecule has 0 heterocycles. The molecule has 2 aromatic carbocycles. The summed E-state index contributed by atoms with van der Waals surface area (Å²) in [6.07, 6.45) is 0. The highest BCUT2D eigenvalue weighted by Crippen LogP contribution is 2.36. The van der Waals surface area contributed by atoms with Crippen molar-refractivity contribution in [2.75, 3.05) is 0 Å². The van der Waals surface area contributed by atoms with Crippen molar-refractivity contribution in [3.63, 3.8) is 0 Å². The number of nitrogen functional groups attached to an aromatic ring is 1. The van der Waals surface area contributed by atoms with Crippen LogP contribution in [0.1, 0.15) is 5.56 Å². The smallest absolute Gasteiger partial charge is 0.314 e. The third kappa shape index (κ3) is 3.16. The van der Waals surface area contributed by atoms with E-state index in [1.54, 1.807) is 6.07 Å². The van der Waals surface area contributed by atoms with Crippen molar-refractivity contribution < 1.29 is 14.1 Å². The summed E-state index contributed by atoms with van der Waals surface area (Å²) in [6.45, 7) is 0. The zero-order chi connectivity index (χ0) is 15.6. The van der Waals surface area contributed by atoms with Crippen LogP contribution >= 0.6 is 15.9 Å². The van der Waals surface area contributed by atoms with Crippen LogP contribution in [0.4, 0.5) is 10.1 Å². The van der Waals surface area contributed by atoms with Crippen molar-refractivity contribution in [3.8, 4) is 11.5 Å². The standard InChI is InChI=1S/C13H9BrFN3O3/c14-7-4-5-8(13(16)17)11(6-7)21-12-9(15)2-1-3-10(12)18(19)20/h1-6H,(H3,16,17). The van der Waals surface area contributed by atoms with Gasteiger partial charge in [0.2, 0.25) is 5.75 Å². The number of ether oxygens (including phenoxy) is 1. The van der Waals surface area contributed by atoms with Crippen LogP contribution in [0.25, 0.3) is 0 Å². The number of nitro groups is 1. The van der Waals surface area contributed by atoms with Crippen molar-refractivity contribution in [2.24, 2.45) is 5.73 Å². The van der Waals surface area contributed by atoms with Gasteiger partial charge in [0.15, 0.2) is 5.82 Å². The Bertz CT molecular complexity index is 737. The number of halogens is 2. The van der Waals surface area contributed by atoms with E-state index in [-0.39, 0.29) is 17.1 Å². The molecule has 3 N–H and O–H groups in total. The lowest BCUT2D eigenvalue weighted by Crippen LogP contribution is -2.12. The molecule has 2 rings (SSSR count). The molecule has 0 saturated carbocycles. The largest absolute Gasteiger partial charge is 0.446 e. The number of nitro benzene ring substituents is 1. The fourth-order valence-corrected chi connectivity index (χ4v) is 2.00. The summed E-state index contributed by atoms with van der Waals surface area (Å²) in [6, 6.07) is 7.96. The van der Waals surface area contributed by atoms with Gasteiger partial charge in [0.25, 0.3) is 0 Å². The molecule has 0 aliphatic rings. The van der Waals surface area contributed by atoms with Crippen molar-refractivity contribution in [2.45, 2.75) is 0 Å². The lowest BCUT2D eigenvalue weighted by Gasteiger charge is -2.11. The lowest BCUT2D eigenvalue weighted by atomic mass is 10.2. The quantitative estimate of drug-likeness (QED) is 0.379. The maximum absolute atomic E-state index is 13.8. The molecule has 0 spiro atoms. The fraction of sp³-hybridized carbons (Fsp3) is 0. The summed E-state index contributed by atoms with van der Waals surface area (Å²) in [7, 11) is 0. The summed E-state index contributed by atoms with van der Waals surface area (Å²) in [5, 5.41) is 18.4. The van der Waals surface area contributed by atoms with Gasteiger partial charge in [-0.1, -0.05) is 22.0 Å². The molecule has 0 aromatic heterocycles. The molecule has 0 unspecified atom stereocenters. The summed E-state index contributed by atoms with van der Waals surface area (Å²) in [5.74, 6) is -1.65. The Morgan fingerprint density at radius 1 is 1.38 bits per heavy atom. The second-order valence-corrected chi connectivity index (χ2v) is 4.92. The van der Waals surface area contributed by atoms with Gasteiger partial charge in [0.05, 0.1) is 10.5 Å². The van der Waals surface area contributed by atoms with E-state index in [1.807, 2.05) is 0 Å². The second kappa shape index (κ2) is 5.88. The van der Waals surface area contributed by atoms with E-state index in [2.05, 4.69) is 15.9 Å². The van der Waals surface area contributed by atoms with Gasteiger partial charge in [-0.25, -0.2) is 4.39 Å². The number of nitrogens with two attached hydrogens (primary N) is 1. The second-order valence-electron chi connectivity index (χ2n) is 4.00. The predicted octanol–water partition coefficient (Wildman–Crippen LogP) is 3.57.